The number of carbonyl (C=O) groups is 2. The summed E-state index contributed by atoms with van der Waals surface area (Å²) in [5.74, 6) is -2.30. The van der Waals surface area contributed by atoms with Crippen molar-refractivity contribution in [1.82, 2.24) is 0 Å². The fraction of sp³-hybridized carbons (Fsp3) is 0.125. The normalized spacial score (nSPS) is 11.1. The highest BCUT2D eigenvalue weighted by Gasteiger charge is 2.35. The second kappa shape index (κ2) is 6.12. The average molecular weight is 323 g/mol. The summed E-state index contributed by atoms with van der Waals surface area (Å²) in [6.07, 6.45) is -4.69. The Labute approximate surface area is 129 Å². The van der Waals surface area contributed by atoms with Gasteiger partial charge in [-0.15, -0.1) is 0 Å². The van der Waals surface area contributed by atoms with Crippen LogP contribution in [-0.4, -0.2) is 17.0 Å². The van der Waals surface area contributed by atoms with Crippen molar-refractivity contribution >= 4 is 17.6 Å². The Bertz CT molecular complexity index is 769. The zero-order chi connectivity index (χ0) is 17.2. The smallest absolute Gasteiger partial charge is 0.417 e. The lowest BCUT2D eigenvalue weighted by Crippen LogP contribution is -2.20. The third-order valence-corrected chi connectivity index (χ3v) is 3.22. The van der Waals surface area contributed by atoms with Crippen LogP contribution in [0.4, 0.5) is 18.9 Å². The number of halogens is 3. The molecule has 0 heterocycles. The van der Waals surface area contributed by atoms with Crippen LogP contribution in [0.25, 0.3) is 0 Å². The maximum Gasteiger partial charge on any atom is 0.417 e. The molecular weight excluding hydrogens is 311 g/mol. The Morgan fingerprint density at radius 3 is 2.22 bits per heavy atom. The highest BCUT2D eigenvalue weighted by Crippen LogP contribution is 2.32. The number of hydrogen-bond donors (Lipinski definition) is 2. The summed E-state index contributed by atoms with van der Waals surface area (Å²) in [6, 6.07) is 8.62. The standard InChI is InChI=1S/C16H12F3NO3/c1-9-5-4-7-11(15(22)23)13(9)20-14(21)10-6-2-3-8-12(10)16(17,18)19/h2-8H,1H3,(H,20,21)(H,22,23). The number of aromatic carboxylic acids is 1. The number of amides is 1. The molecule has 0 aliphatic rings. The molecule has 7 heteroatoms. The van der Waals surface area contributed by atoms with E-state index in [0.29, 0.717) is 5.56 Å². The number of carboxylic acids is 1. The van der Waals surface area contributed by atoms with E-state index in [1.165, 1.54) is 24.3 Å². The molecule has 0 fully saturated rings. The number of hydrogen-bond acceptors (Lipinski definition) is 2. The van der Waals surface area contributed by atoms with Gasteiger partial charge in [-0.25, -0.2) is 4.79 Å². The maximum absolute atomic E-state index is 13.0. The first-order valence-electron chi connectivity index (χ1n) is 6.52. The van der Waals surface area contributed by atoms with Gasteiger partial charge in [0.15, 0.2) is 0 Å². The van der Waals surface area contributed by atoms with Gasteiger partial charge in [0, 0.05) is 0 Å². The van der Waals surface area contributed by atoms with Gasteiger partial charge in [-0.2, -0.15) is 13.2 Å². The summed E-state index contributed by atoms with van der Waals surface area (Å²) < 4.78 is 38.9. The van der Waals surface area contributed by atoms with Gasteiger partial charge in [0.05, 0.1) is 22.4 Å². The van der Waals surface area contributed by atoms with Crippen LogP contribution in [0, 0.1) is 6.92 Å². The van der Waals surface area contributed by atoms with Crippen molar-refractivity contribution in [2.45, 2.75) is 13.1 Å². The third-order valence-electron chi connectivity index (χ3n) is 3.22. The van der Waals surface area contributed by atoms with Crippen molar-refractivity contribution in [2.24, 2.45) is 0 Å². The topological polar surface area (TPSA) is 66.4 Å². The number of nitrogens with one attached hydrogen (secondary N) is 1. The van der Waals surface area contributed by atoms with Crippen LogP contribution in [0.1, 0.15) is 31.8 Å². The first-order valence-corrected chi connectivity index (χ1v) is 6.52. The van der Waals surface area contributed by atoms with Gasteiger partial charge in [-0.1, -0.05) is 24.3 Å². The molecule has 1 amide bonds. The van der Waals surface area contributed by atoms with Crippen molar-refractivity contribution in [3.8, 4) is 0 Å². The van der Waals surface area contributed by atoms with E-state index in [1.807, 2.05) is 0 Å². The quantitative estimate of drug-likeness (QED) is 0.898. The van der Waals surface area contributed by atoms with Gasteiger partial charge in [-0.05, 0) is 30.7 Å². The zero-order valence-corrected chi connectivity index (χ0v) is 11.9. The number of aryl methyl sites for hydroxylation is 1. The van der Waals surface area contributed by atoms with Crippen molar-refractivity contribution in [2.75, 3.05) is 5.32 Å². The van der Waals surface area contributed by atoms with Gasteiger partial charge in [0.1, 0.15) is 0 Å². The molecule has 0 radical (unpaired) electrons. The number of rotatable bonds is 3. The fourth-order valence-corrected chi connectivity index (χ4v) is 2.12. The molecular formula is C16H12F3NO3. The number of alkyl halides is 3. The molecule has 4 nitrogen and oxygen atoms in total. The van der Waals surface area contributed by atoms with Gasteiger partial charge in [-0.3, -0.25) is 4.79 Å². The summed E-state index contributed by atoms with van der Waals surface area (Å²) in [5.41, 5.74) is -1.44. The summed E-state index contributed by atoms with van der Waals surface area (Å²) in [4.78, 5) is 23.4. The van der Waals surface area contributed by atoms with Gasteiger partial charge >= 0.3 is 12.1 Å². The molecule has 23 heavy (non-hydrogen) atoms. The predicted octanol–water partition coefficient (Wildman–Crippen LogP) is 3.96. The van der Waals surface area contributed by atoms with Crippen LogP contribution in [0.3, 0.4) is 0 Å². The van der Waals surface area contributed by atoms with Crippen molar-refractivity contribution in [3.63, 3.8) is 0 Å². The van der Waals surface area contributed by atoms with E-state index < -0.39 is 29.2 Å². The highest BCUT2D eigenvalue weighted by atomic mass is 19.4. The van der Waals surface area contributed by atoms with E-state index in [-0.39, 0.29) is 11.3 Å². The molecule has 0 atom stereocenters. The monoisotopic (exact) mass is 323 g/mol. The van der Waals surface area contributed by atoms with E-state index in [2.05, 4.69) is 5.32 Å². The number of anilines is 1. The third kappa shape index (κ3) is 3.50. The van der Waals surface area contributed by atoms with Crippen molar-refractivity contribution in [3.05, 3.63) is 64.7 Å². The van der Waals surface area contributed by atoms with Crippen LogP contribution in [0.5, 0.6) is 0 Å². The molecule has 0 aromatic heterocycles. The molecule has 0 saturated carbocycles. The van der Waals surface area contributed by atoms with Crippen molar-refractivity contribution in [1.29, 1.82) is 0 Å². The number of carbonyl (C=O) groups excluding carboxylic acids is 1. The summed E-state index contributed by atoms with van der Waals surface area (Å²) in [5, 5.41) is 11.4. The minimum absolute atomic E-state index is 0.0259. The molecule has 2 N–H and O–H groups in total. The Kier molecular flexibility index (Phi) is 4.40. The Hall–Kier alpha value is -2.83. The van der Waals surface area contributed by atoms with Gasteiger partial charge in [0.2, 0.25) is 0 Å². The SMILES string of the molecule is Cc1cccc(C(=O)O)c1NC(=O)c1ccccc1C(F)(F)F. The maximum atomic E-state index is 13.0. The van der Waals surface area contributed by atoms with E-state index in [4.69, 9.17) is 5.11 Å². The number of carboxylic acid groups (broad SMARTS) is 1. The molecule has 0 unspecified atom stereocenters. The molecule has 120 valence electrons. The fourth-order valence-electron chi connectivity index (χ4n) is 2.12. The van der Waals surface area contributed by atoms with Crippen molar-refractivity contribution < 1.29 is 27.9 Å². The minimum Gasteiger partial charge on any atom is -0.478 e. The van der Waals surface area contributed by atoms with Crippen LogP contribution in [0.15, 0.2) is 42.5 Å². The van der Waals surface area contributed by atoms with Crippen LogP contribution in [0.2, 0.25) is 0 Å². The molecule has 0 bridgehead atoms. The average Bonchev–Trinajstić information content (AvgIpc) is 2.48. The Balaban J connectivity index is 2.44. The Morgan fingerprint density at radius 1 is 1.00 bits per heavy atom. The molecule has 0 aliphatic carbocycles. The molecule has 0 saturated heterocycles. The lowest BCUT2D eigenvalue weighted by Gasteiger charge is -2.15. The first-order chi connectivity index (χ1) is 10.7. The van der Waals surface area contributed by atoms with Crippen LogP contribution in [-0.2, 0) is 6.18 Å². The minimum atomic E-state index is -4.69. The summed E-state index contributed by atoms with van der Waals surface area (Å²) >= 11 is 0. The summed E-state index contributed by atoms with van der Waals surface area (Å²) in [6.45, 7) is 1.55. The highest BCUT2D eigenvalue weighted by molar-refractivity contribution is 6.09. The van der Waals surface area contributed by atoms with Gasteiger partial charge < -0.3 is 10.4 Å². The van der Waals surface area contributed by atoms with Crippen LogP contribution < -0.4 is 5.32 Å². The molecule has 2 aromatic rings. The molecule has 2 rings (SSSR count). The molecule has 2 aromatic carbocycles. The number of benzene rings is 2. The lowest BCUT2D eigenvalue weighted by atomic mass is 10.0. The second-order valence-electron chi connectivity index (χ2n) is 4.80. The summed E-state index contributed by atoms with van der Waals surface area (Å²) in [7, 11) is 0. The number of para-hydroxylation sites is 1. The van der Waals surface area contributed by atoms with Crippen LogP contribution >= 0.6 is 0 Å². The zero-order valence-electron chi connectivity index (χ0n) is 11.9. The second-order valence-corrected chi connectivity index (χ2v) is 4.80. The van der Waals surface area contributed by atoms with E-state index in [9.17, 15) is 22.8 Å². The predicted molar refractivity (Wildman–Crippen MR) is 77.5 cm³/mol. The largest absolute Gasteiger partial charge is 0.478 e. The molecule has 0 aliphatic heterocycles. The van der Waals surface area contributed by atoms with Gasteiger partial charge in [0.25, 0.3) is 5.91 Å². The van der Waals surface area contributed by atoms with E-state index in [0.717, 1.165) is 12.1 Å². The lowest BCUT2D eigenvalue weighted by molar-refractivity contribution is -0.137. The Morgan fingerprint density at radius 2 is 1.61 bits per heavy atom. The molecule has 0 spiro atoms. The van der Waals surface area contributed by atoms with E-state index in [1.54, 1.807) is 13.0 Å². The van der Waals surface area contributed by atoms with E-state index >= 15 is 0 Å². The first kappa shape index (κ1) is 16.5.